The number of nitrogens with two attached hydrogens (primary N) is 1. The number of nitrogens with one attached hydrogen (secondary N) is 1. The highest BCUT2D eigenvalue weighted by molar-refractivity contribution is 6.11. The number of nitrogen functional groups attached to an aromatic ring is 1. The fourth-order valence-electron chi connectivity index (χ4n) is 2.67. The van der Waals surface area contributed by atoms with Crippen LogP contribution in [0.5, 0.6) is 5.75 Å². The minimum atomic E-state index is -0.434. The van der Waals surface area contributed by atoms with E-state index in [-0.39, 0.29) is 11.4 Å². The Morgan fingerprint density at radius 3 is 3.00 bits per heavy atom. The van der Waals surface area contributed by atoms with Gasteiger partial charge in [-0.25, -0.2) is 9.50 Å². The van der Waals surface area contributed by atoms with Gasteiger partial charge < -0.3 is 25.7 Å². The van der Waals surface area contributed by atoms with Crippen molar-refractivity contribution >= 4 is 29.8 Å². The van der Waals surface area contributed by atoms with Gasteiger partial charge in [-0.05, 0) is 32.8 Å². The van der Waals surface area contributed by atoms with E-state index in [4.69, 9.17) is 10.5 Å². The first kappa shape index (κ1) is 20.2. The highest BCUT2D eigenvalue weighted by atomic mass is 16.5. The summed E-state index contributed by atoms with van der Waals surface area (Å²) in [5, 5.41) is 7.00. The van der Waals surface area contributed by atoms with E-state index in [1.165, 1.54) is 10.7 Å². The average Bonchev–Trinajstić information content (AvgIpc) is 3.02. The van der Waals surface area contributed by atoms with Gasteiger partial charge in [0.15, 0.2) is 11.5 Å². The van der Waals surface area contributed by atoms with E-state index < -0.39 is 5.91 Å². The number of carbonyl (C=O) groups excluding carboxylic acids is 1. The number of amides is 1. The molecule has 152 valence electrons. The number of likely N-dealkylation sites (N-methyl/N-ethyl adjacent to an activating group) is 1. The van der Waals surface area contributed by atoms with Crippen LogP contribution in [-0.2, 0) is 6.42 Å². The number of aromatic nitrogens is 4. The Morgan fingerprint density at radius 1 is 1.41 bits per heavy atom. The molecule has 10 heteroatoms. The van der Waals surface area contributed by atoms with Gasteiger partial charge in [0.05, 0.1) is 6.20 Å². The number of aliphatic imine (C=N–C) groups is 1. The zero-order valence-corrected chi connectivity index (χ0v) is 16.5. The van der Waals surface area contributed by atoms with Crippen molar-refractivity contribution in [1.82, 2.24) is 24.5 Å². The van der Waals surface area contributed by atoms with Crippen molar-refractivity contribution in [2.45, 2.75) is 6.42 Å². The van der Waals surface area contributed by atoms with Crippen LogP contribution in [0.4, 0.5) is 11.5 Å². The Labute approximate surface area is 168 Å². The van der Waals surface area contributed by atoms with E-state index in [0.29, 0.717) is 36.7 Å². The molecule has 0 atom stereocenters. The minimum Gasteiger partial charge on any atom is -0.490 e. The lowest BCUT2D eigenvalue weighted by Gasteiger charge is -2.14. The zero-order valence-electron chi connectivity index (χ0n) is 16.5. The Balaban J connectivity index is 1.81. The van der Waals surface area contributed by atoms with Gasteiger partial charge in [0, 0.05) is 37.7 Å². The fraction of sp³-hybridized carbons (Fsp3) is 0.316. The molecule has 1 amide bonds. The Kier molecular flexibility index (Phi) is 6.35. The summed E-state index contributed by atoms with van der Waals surface area (Å²) in [6, 6.07) is 1.70. The van der Waals surface area contributed by atoms with Gasteiger partial charge in [0.25, 0.3) is 5.91 Å². The molecular weight excluding hydrogens is 372 g/mol. The van der Waals surface area contributed by atoms with Gasteiger partial charge in [-0.15, -0.1) is 5.10 Å². The van der Waals surface area contributed by atoms with E-state index in [1.54, 1.807) is 24.7 Å². The van der Waals surface area contributed by atoms with Crippen molar-refractivity contribution < 1.29 is 9.53 Å². The predicted octanol–water partition coefficient (Wildman–Crippen LogP) is 1.14. The van der Waals surface area contributed by atoms with Gasteiger partial charge in [-0.1, -0.05) is 0 Å². The molecule has 0 aliphatic carbocycles. The molecular formula is C19H24N8O2. The molecule has 0 aliphatic rings. The smallest absolute Gasteiger partial charge is 0.263 e. The van der Waals surface area contributed by atoms with E-state index in [9.17, 15) is 4.79 Å². The van der Waals surface area contributed by atoms with E-state index in [1.807, 2.05) is 19.0 Å². The topological polar surface area (TPSA) is 123 Å². The molecule has 0 fully saturated rings. The van der Waals surface area contributed by atoms with E-state index in [2.05, 4.69) is 32.1 Å². The number of fused-ring (bicyclic) bond motifs is 1. The van der Waals surface area contributed by atoms with Gasteiger partial charge in [0.2, 0.25) is 0 Å². The Morgan fingerprint density at radius 2 is 2.24 bits per heavy atom. The third-order valence-electron chi connectivity index (χ3n) is 4.16. The van der Waals surface area contributed by atoms with Crippen LogP contribution in [0.25, 0.3) is 5.65 Å². The molecule has 29 heavy (non-hydrogen) atoms. The van der Waals surface area contributed by atoms with E-state index >= 15 is 0 Å². The second-order valence-corrected chi connectivity index (χ2v) is 6.67. The summed E-state index contributed by atoms with van der Waals surface area (Å²) >= 11 is 0. The first-order valence-electron chi connectivity index (χ1n) is 9.07. The molecule has 3 aromatic heterocycles. The number of hydrogen-bond donors (Lipinski definition) is 2. The molecule has 0 saturated carbocycles. The zero-order chi connectivity index (χ0) is 20.8. The molecule has 3 heterocycles. The van der Waals surface area contributed by atoms with Crippen molar-refractivity contribution in [3.8, 4) is 5.75 Å². The molecule has 0 bridgehead atoms. The van der Waals surface area contributed by atoms with Gasteiger partial charge >= 0.3 is 0 Å². The lowest BCUT2D eigenvalue weighted by Crippen LogP contribution is -2.20. The summed E-state index contributed by atoms with van der Waals surface area (Å²) in [7, 11) is 3.91. The van der Waals surface area contributed by atoms with Crippen LogP contribution in [0.3, 0.4) is 0 Å². The lowest BCUT2D eigenvalue weighted by molar-refractivity contribution is 0.102. The van der Waals surface area contributed by atoms with Crippen molar-refractivity contribution in [2.75, 3.05) is 44.8 Å². The molecule has 3 rings (SSSR count). The highest BCUT2D eigenvalue weighted by Crippen LogP contribution is 2.25. The molecule has 0 spiro atoms. The minimum absolute atomic E-state index is 0.0907. The molecule has 10 nitrogen and oxygen atoms in total. The third kappa shape index (κ3) is 4.85. The van der Waals surface area contributed by atoms with Crippen molar-refractivity contribution in [3.05, 3.63) is 42.0 Å². The SMILES string of the molecule is C=NCCc1cnc2c(C(=O)Nc3cnccc3OCCN(C)C)c(N)nn2c1. The summed E-state index contributed by atoms with van der Waals surface area (Å²) < 4.78 is 7.26. The first-order valence-corrected chi connectivity index (χ1v) is 9.07. The molecule has 3 N–H and O–H groups in total. The lowest BCUT2D eigenvalue weighted by atomic mass is 10.2. The first-order chi connectivity index (χ1) is 14.0. The maximum absolute atomic E-state index is 12.9. The van der Waals surface area contributed by atoms with Gasteiger partial charge in [-0.3, -0.25) is 9.78 Å². The standard InChI is InChI=1S/C19H24N8O2/c1-21-6-4-13-10-23-18-16(17(20)25-27(18)12-13)19(28)24-14-11-22-7-5-15(14)29-9-8-26(2)3/h5,7,10-12H,1,4,6,8-9H2,2-3H3,(H2,20,25)(H,24,28). The van der Waals surface area contributed by atoms with Crippen LogP contribution in [0, 0.1) is 0 Å². The van der Waals surface area contributed by atoms with Crippen molar-refractivity contribution in [2.24, 2.45) is 4.99 Å². The van der Waals surface area contributed by atoms with Crippen molar-refractivity contribution in [3.63, 3.8) is 0 Å². The number of rotatable bonds is 9. The molecule has 0 aliphatic heterocycles. The van der Waals surface area contributed by atoms with Crippen LogP contribution in [0.2, 0.25) is 0 Å². The van der Waals surface area contributed by atoms with Gasteiger partial charge in [-0.2, -0.15) is 0 Å². The maximum atomic E-state index is 12.9. The number of pyridine rings is 1. The summed E-state index contributed by atoms with van der Waals surface area (Å²) in [6.07, 6.45) is 7.26. The number of nitrogens with zero attached hydrogens (tertiary/aromatic N) is 6. The van der Waals surface area contributed by atoms with Crippen LogP contribution in [0.15, 0.2) is 35.8 Å². The maximum Gasteiger partial charge on any atom is 0.263 e. The molecule has 0 aromatic carbocycles. The molecule has 3 aromatic rings. The summed E-state index contributed by atoms with van der Waals surface area (Å²) in [5.41, 5.74) is 7.93. The second-order valence-electron chi connectivity index (χ2n) is 6.67. The van der Waals surface area contributed by atoms with Gasteiger partial charge in [0.1, 0.15) is 23.6 Å². The van der Waals surface area contributed by atoms with Crippen LogP contribution < -0.4 is 15.8 Å². The summed E-state index contributed by atoms with van der Waals surface area (Å²) in [4.78, 5) is 27.2. The molecule has 0 unspecified atom stereocenters. The third-order valence-corrected chi connectivity index (χ3v) is 4.16. The molecule has 0 radical (unpaired) electrons. The Bertz CT molecular complexity index is 1010. The van der Waals surface area contributed by atoms with E-state index in [0.717, 1.165) is 12.1 Å². The number of ether oxygens (including phenoxy) is 1. The summed E-state index contributed by atoms with van der Waals surface area (Å²) in [5.74, 6) is 0.182. The largest absolute Gasteiger partial charge is 0.490 e. The summed E-state index contributed by atoms with van der Waals surface area (Å²) in [6.45, 7) is 5.26. The Hall–Kier alpha value is -3.53. The number of hydrogen-bond acceptors (Lipinski definition) is 8. The quantitative estimate of drug-likeness (QED) is 0.520. The van der Waals surface area contributed by atoms with Crippen LogP contribution in [0.1, 0.15) is 15.9 Å². The average molecular weight is 396 g/mol. The van der Waals surface area contributed by atoms with Crippen LogP contribution in [-0.4, -0.2) is 70.9 Å². The second kappa shape index (κ2) is 9.11. The predicted molar refractivity (Wildman–Crippen MR) is 112 cm³/mol. The monoisotopic (exact) mass is 396 g/mol. The number of anilines is 2. The number of carbonyl (C=O) groups is 1. The van der Waals surface area contributed by atoms with Crippen LogP contribution >= 0.6 is 0 Å². The van der Waals surface area contributed by atoms with Crippen molar-refractivity contribution in [1.29, 1.82) is 0 Å². The fourth-order valence-corrected chi connectivity index (χ4v) is 2.67. The normalized spacial score (nSPS) is 11.0. The highest BCUT2D eigenvalue weighted by Gasteiger charge is 2.21. The molecule has 0 saturated heterocycles.